The van der Waals surface area contributed by atoms with Gasteiger partial charge >= 0.3 is 0 Å². The summed E-state index contributed by atoms with van der Waals surface area (Å²) in [5, 5.41) is 9.19. The quantitative estimate of drug-likeness (QED) is 0.453. The third-order valence-electron chi connectivity index (χ3n) is 3.60. The molecule has 1 atom stereocenters. The van der Waals surface area contributed by atoms with Crippen molar-refractivity contribution in [1.82, 2.24) is 15.2 Å². The first kappa shape index (κ1) is 17.5. The second kappa shape index (κ2) is 7.72. The molecule has 3 rings (SSSR count). The third kappa shape index (κ3) is 3.68. The molecule has 4 nitrogen and oxygen atoms in total. The molecule has 126 valence electrons. The van der Waals surface area contributed by atoms with Crippen LogP contribution >= 0.6 is 34.9 Å². The molecule has 3 aromatic rings. The van der Waals surface area contributed by atoms with Crippen LogP contribution in [0.4, 0.5) is 0 Å². The number of H-pyrrole nitrogens is 1. The SMILES string of the molecule is CCCSc1nnc(S[C@H](C)C(=O)c2c(C)[nH]c3ccccc23)s1. The number of thioether (sulfide) groups is 2. The summed E-state index contributed by atoms with van der Waals surface area (Å²) >= 11 is 4.78. The number of aryl methyl sites for hydroxylation is 1. The largest absolute Gasteiger partial charge is 0.358 e. The first-order chi connectivity index (χ1) is 11.6. The number of hydrogen-bond donors (Lipinski definition) is 1. The number of fused-ring (bicyclic) bond motifs is 1. The Labute approximate surface area is 153 Å². The normalized spacial score (nSPS) is 12.6. The Morgan fingerprint density at radius 1 is 1.29 bits per heavy atom. The monoisotopic (exact) mass is 377 g/mol. The first-order valence-corrected chi connectivity index (χ1v) is 10.5. The van der Waals surface area contributed by atoms with E-state index in [1.165, 1.54) is 11.8 Å². The number of aromatic nitrogens is 3. The minimum Gasteiger partial charge on any atom is -0.358 e. The van der Waals surface area contributed by atoms with Crippen molar-refractivity contribution in [2.75, 3.05) is 5.75 Å². The fraction of sp³-hybridized carbons (Fsp3) is 0.353. The summed E-state index contributed by atoms with van der Waals surface area (Å²) in [6.45, 7) is 6.04. The van der Waals surface area contributed by atoms with Crippen molar-refractivity contribution in [3.8, 4) is 0 Å². The molecular weight excluding hydrogens is 358 g/mol. The summed E-state index contributed by atoms with van der Waals surface area (Å²) in [5.74, 6) is 1.18. The number of aromatic amines is 1. The summed E-state index contributed by atoms with van der Waals surface area (Å²) in [5.41, 5.74) is 2.71. The lowest BCUT2D eigenvalue weighted by molar-refractivity contribution is 0.0995. The standard InChI is InChI=1S/C17H19N3OS3/c1-4-9-22-16-19-20-17(24-16)23-11(3)15(21)14-10(2)18-13-8-6-5-7-12(13)14/h5-8,11,18H,4,9H2,1-3H3/t11-/m1/s1. The van der Waals surface area contributed by atoms with E-state index in [-0.39, 0.29) is 11.0 Å². The van der Waals surface area contributed by atoms with Crippen molar-refractivity contribution in [1.29, 1.82) is 0 Å². The van der Waals surface area contributed by atoms with Crippen LogP contribution in [0.1, 0.15) is 36.3 Å². The number of para-hydroxylation sites is 1. The molecule has 0 unspecified atom stereocenters. The first-order valence-electron chi connectivity index (χ1n) is 7.84. The Bertz CT molecular complexity index is 856. The number of carbonyl (C=O) groups excluding carboxylic acids is 1. The van der Waals surface area contributed by atoms with Crippen LogP contribution in [0, 0.1) is 6.92 Å². The van der Waals surface area contributed by atoms with E-state index < -0.39 is 0 Å². The minimum atomic E-state index is -0.195. The van der Waals surface area contributed by atoms with Crippen LogP contribution in [0.5, 0.6) is 0 Å². The van der Waals surface area contributed by atoms with Gasteiger partial charge in [-0.2, -0.15) is 0 Å². The summed E-state index contributed by atoms with van der Waals surface area (Å²) in [4.78, 5) is 16.2. The van der Waals surface area contributed by atoms with Gasteiger partial charge in [0.15, 0.2) is 14.5 Å². The van der Waals surface area contributed by atoms with Crippen molar-refractivity contribution >= 4 is 51.5 Å². The van der Waals surface area contributed by atoms with Gasteiger partial charge in [0.1, 0.15) is 0 Å². The van der Waals surface area contributed by atoms with Gasteiger partial charge in [0, 0.05) is 27.9 Å². The Morgan fingerprint density at radius 2 is 2.04 bits per heavy atom. The van der Waals surface area contributed by atoms with Gasteiger partial charge in [0.05, 0.1) is 5.25 Å². The Morgan fingerprint density at radius 3 is 2.83 bits per heavy atom. The highest BCUT2D eigenvalue weighted by atomic mass is 32.2. The Kier molecular flexibility index (Phi) is 5.63. The zero-order chi connectivity index (χ0) is 17.1. The lowest BCUT2D eigenvalue weighted by Crippen LogP contribution is -2.14. The van der Waals surface area contributed by atoms with Crippen molar-refractivity contribution in [2.24, 2.45) is 0 Å². The van der Waals surface area contributed by atoms with Crippen molar-refractivity contribution in [2.45, 2.75) is 41.1 Å². The average Bonchev–Trinajstić information content (AvgIpc) is 3.15. The molecule has 0 aliphatic rings. The maximum Gasteiger partial charge on any atom is 0.178 e. The molecule has 0 bridgehead atoms. The number of hydrogen-bond acceptors (Lipinski definition) is 6. The Hall–Kier alpha value is -1.31. The summed E-state index contributed by atoms with van der Waals surface area (Å²) in [6.07, 6.45) is 1.11. The van der Waals surface area contributed by atoms with Gasteiger partial charge in [-0.1, -0.05) is 60.0 Å². The van der Waals surface area contributed by atoms with Crippen LogP contribution < -0.4 is 0 Å². The van der Waals surface area contributed by atoms with Crippen LogP contribution in [-0.2, 0) is 0 Å². The molecule has 24 heavy (non-hydrogen) atoms. The van der Waals surface area contributed by atoms with E-state index in [2.05, 4.69) is 22.1 Å². The molecule has 0 saturated heterocycles. The predicted molar refractivity (Wildman–Crippen MR) is 104 cm³/mol. The molecule has 2 heterocycles. The molecule has 1 aromatic carbocycles. The molecule has 2 aromatic heterocycles. The second-order valence-electron chi connectivity index (χ2n) is 5.48. The Balaban J connectivity index is 1.76. The molecule has 0 radical (unpaired) electrons. The number of rotatable bonds is 7. The highest BCUT2D eigenvalue weighted by molar-refractivity contribution is 8.03. The predicted octanol–water partition coefficient (Wildman–Crippen LogP) is 5.19. The lowest BCUT2D eigenvalue weighted by atomic mass is 10.1. The maximum atomic E-state index is 12.9. The molecule has 0 amide bonds. The number of nitrogens with zero attached hydrogens (tertiary/aromatic N) is 2. The van der Waals surface area contributed by atoms with Crippen molar-refractivity contribution in [3.63, 3.8) is 0 Å². The fourth-order valence-corrected chi connectivity index (χ4v) is 5.64. The van der Waals surface area contributed by atoms with E-state index in [1.807, 2.05) is 38.1 Å². The van der Waals surface area contributed by atoms with Crippen LogP contribution in [0.15, 0.2) is 32.9 Å². The van der Waals surface area contributed by atoms with Gasteiger partial charge in [0.25, 0.3) is 0 Å². The molecule has 7 heteroatoms. The van der Waals surface area contributed by atoms with Crippen LogP contribution in [0.3, 0.4) is 0 Å². The van der Waals surface area contributed by atoms with E-state index in [9.17, 15) is 4.79 Å². The molecule has 0 spiro atoms. The summed E-state index contributed by atoms with van der Waals surface area (Å²) in [6, 6.07) is 7.93. The zero-order valence-corrected chi connectivity index (χ0v) is 16.3. The maximum absolute atomic E-state index is 12.9. The van der Waals surface area contributed by atoms with E-state index in [1.54, 1.807) is 23.1 Å². The van der Waals surface area contributed by atoms with Crippen LogP contribution in [-0.4, -0.2) is 32.0 Å². The van der Waals surface area contributed by atoms with Gasteiger partial charge in [0.2, 0.25) is 0 Å². The van der Waals surface area contributed by atoms with Gasteiger partial charge in [-0.15, -0.1) is 10.2 Å². The van der Waals surface area contributed by atoms with Gasteiger partial charge in [-0.05, 0) is 26.3 Å². The summed E-state index contributed by atoms with van der Waals surface area (Å²) < 4.78 is 1.83. The fourth-order valence-electron chi connectivity index (χ4n) is 2.49. The number of nitrogens with one attached hydrogen (secondary N) is 1. The second-order valence-corrected chi connectivity index (χ2v) is 9.38. The van der Waals surface area contributed by atoms with E-state index in [0.717, 1.165) is 43.0 Å². The van der Waals surface area contributed by atoms with E-state index >= 15 is 0 Å². The highest BCUT2D eigenvalue weighted by Gasteiger charge is 2.23. The van der Waals surface area contributed by atoms with Gasteiger partial charge < -0.3 is 4.98 Å². The zero-order valence-electron chi connectivity index (χ0n) is 13.8. The molecule has 0 aliphatic carbocycles. The molecule has 0 saturated carbocycles. The van der Waals surface area contributed by atoms with E-state index in [4.69, 9.17) is 0 Å². The average molecular weight is 378 g/mol. The third-order valence-corrected chi connectivity index (χ3v) is 7.05. The minimum absolute atomic E-state index is 0.132. The molecule has 0 fully saturated rings. The van der Waals surface area contributed by atoms with E-state index in [0.29, 0.717) is 0 Å². The van der Waals surface area contributed by atoms with Gasteiger partial charge in [-0.3, -0.25) is 4.79 Å². The number of benzene rings is 1. The number of carbonyl (C=O) groups is 1. The number of ketones is 1. The summed E-state index contributed by atoms with van der Waals surface area (Å²) in [7, 11) is 0. The molecule has 1 N–H and O–H groups in total. The van der Waals surface area contributed by atoms with Gasteiger partial charge in [-0.25, -0.2) is 0 Å². The topological polar surface area (TPSA) is 58.6 Å². The highest BCUT2D eigenvalue weighted by Crippen LogP contribution is 2.34. The lowest BCUT2D eigenvalue weighted by Gasteiger charge is -2.08. The molecule has 0 aliphatic heterocycles. The molecular formula is C17H19N3OS3. The van der Waals surface area contributed by atoms with Crippen molar-refractivity contribution < 1.29 is 4.79 Å². The van der Waals surface area contributed by atoms with Crippen LogP contribution in [0.2, 0.25) is 0 Å². The number of Topliss-reactive ketones (excluding diaryl/α,β-unsaturated/α-hetero) is 1. The smallest absolute Gasteiger partial charge is 0.178 e. The van der Waals surface area contributed by atoms with Crippen molar-refractivity contribution in [3.05, 3.63) is 35.5 Å². The van der Waals surface area contributed by atoms with Crippen LogP contribution in [0.25, 0.3) is 10.9 Å².